The molecule has 32 heavy (non-hydrogen) atoms. The zero-order valence-corrected chi connectivity index (χ0v) is 16.9. The normalized spacial score (nSPS) is 17.4. The molecule has 2 N–H and O–H groups in total. The van der Waals surface area contributed by atoms with Gasteiger partial charge in [0.2, 0.25) is 5.91 Å². The van der Waals surface area contributed by atoms with E-state index in [4.69, 9.17) is 0 Å². The summed E-state index contributed by atoms with van der Waals surface area (Å²) in [5.41, 5.74) is 1.52. The van der Waals surface area contributed by atoms with Crippen molar-refractivity contribution in [3.63, 3.8) is 0 Å². The van der Waals surface area contributed by atoms with E-state index in [9.17, 15) is 23.9 Å². The molecule has 8 heteroatoms. The maximum absolute atomic E-state index is 13.3. The van der Waals surface area contributed by atoms with Gasteiger partial charge in [-0.2, -0.15) is 0 Å². The first-order chi connectivity index (χ1) is 15.4. The van der Waals surface area contributed by atoms with Crippen LogP contribution in [-0.4, -0.2) is 27.7 Å². The number of aromatic nitrogens is 1. The lowest BCUT2D eigenvalue weighted by molar-refractivity contribution is -0.132. The van der Waals surface area contributed by atoms with Crippen LogP contribution in [0.2, 0.25) is 0 Å². The lowest BCUT2D eigenvalue weighted by atomic mass is 9.96. The zero-order chi connectivity index (χ0) is 22.8. The zero-order valence-electron chi connectivity index (χ0n) is 16.9. The number of Topliss-reactive ketones (excluding diaryl/α,β-unsaturated/α-hetero) is 1. The Morgan fingerprint density at radius 2 is 1.75 bits per heavy atom. The van der Waals surface area contributed by atoms with Gasteiger partial charge in [-0.25, -0.2) is 4.39 Å². The third-order valence-electron chi connectivity index (χ3n) is 5.03. The highest BCUT2D eigenvalue weighted by molar-refractivity contribution is 6.51. The van der Waals surface area contributed by atoms with Crippen LogP contribution in [0.25, 0.3) is 5.76 Å². The van der Waals surface area contributed by atoms with Crippen molar-refractivity contribution >= 4 is 34.7 Å². The van der Waals surface area contributed by atoms with Gasteiger partial charge in [-0.15, -0.1) is 0 Å². The van der Waals surface area contributed by atoms with Crippen molar-refractivity contribution in [2.24, 2.45) is 0 Å². The van der Waals surface area contributed by atoms with Crippen molar-refractivity contribution in [3.8, 4) is 0 Å². The summed E-state index contributed by atoms with van der Waals surface area (Å²) in [7, 11) is 0. The molecule has 1 aliphatic heterocycles. The maximum Gasteiger partial charge on any atom is 0.300 e. The van der Waals surface area contributed by atoms with Crippen molar-refractivity contribution in [3.05, 3.63) is 95.6 Å². The lowest BCUT2D eigenvalue weighted by Gasteiger charge is -2.25. The molecule has 7 nitrogen and oxygen atoms in total. The highest BCUT2D eigenvalue weighted by atomic mass is 19.1. The van der Waals surface area contributed by atoms with Gasteiger partial charge in [0, 0.05) is 36.3 Å². The summed E-state index contributed by atoms with van der Waals surface area (Å²) in [5, 5.41) is 13.6. The minimum Gasteiger partial charge on any atom is -0.507 e. The second kappa shape index (κ2) is 8.43. The van der Waals surface area contributed by atoms with Gasteiger partial charge in [0.25, 0.3) is 11.7 Å². The first-order valence-electron chi connectivity index (χ1n) is 9.71. The van der Waals surface area contributed by atoms with Gasteiger partial charge in [-0.1, -0.05) is 6.07 Å². The Kier molecular flexibility index (Phi) is 5.51. The molecule has 2 aromatic carbocycles. The highest BCUT2D eigenvalue weighted by Crippen LogP contribution is 2.42. The van der Waals surface area contributed by atoms with Crippen molar-refractivity contribution in [1.29, 1.82) is 0 Å². The molecule has 1 aromatic heterocycles. The lowest BCUT2D eigenvalue weighted by Crippen LogP contribution is -2.29. The monoisotopic (exact) mass is 431 g/mol. The number of amides is 2. The number of hydrogen-bond acceptors (Lipinski definition) is 5. The van der Waals surface area contributed by atoms with Gasteiger partial charge >= 0.3 is 0 Å². The van der Waals surface area contributed by atoms with E-state index in [1.165, 1.54) is 30.2 Å². The number of nitrogens with zero attached hydrogens (tertiary/aromatic N) is 2. The molecule has 1 unspecified atom stereocenters. The number of carbonyl (C=O) groups is 3. The Labute approximate surface area is 182 Å². The molecule has 0 saturated carbocycles. The standard InChI is InChI=1S/C24H18FN3O4/c1-14(29)27-18-8-10-19(11-9-18)28-21(16-3-2-12-26-13-16)20(23(31)24(28)32)22(30)15-4-6-17(25)7-5-15/h2-13,21,30H,1H3,(H,27,29)/b22-20-. The Balaban J connectivity index is 1.85. The number of aliphatic hydroxyl groups excluding tert-OH is 1. The number of ketones is 1. The summed E-state index contributed by atoms with van der Waals surface area (Å²) in [6.45, 7) is 1.38. The van der Waals surface area contributed by atoms with Crippen LogP contribution in [0.15, 0.2) is 78.6 Å². The Morgan fingerprint density at radius 1 is 1.06 bits per heavy atom. The van der Waals surface area contributed by atoms with Crippen LogP contribution in [0.1, 0.15) is 24.1 Å². The molecule has 160 valence electrons. The molecule has 1 saturated heterocycles. The number of benzene rings is 2. The van der Waals surface area contributed by atoms with Gasteiger partial charge in [0.15, 0.2) is 0 Å². The molecule has 1 aliphatic rings. The summed E-state index contributed by atoms with van der Waals surface area (Å²) >= 11 is 0. The highest BCUT2D eigenvalue weighted by Gasteiger charge is 2.47. The predicted molar refractivity (Wildman–Crippen MR) is 116 cm³/mol. The number of pyridine rings is 1. The Morgan fingerprint density at radius 3 is 2.34 bits per heavy atom. The van der Waals surface area contributed by atoms with Crippen LogP contribution in [0.4, 0.5) is 15.8 Å². The van der Waals surface area contributed by atoms with Crippen LogP contribution in [0.5, 0.6) is 0 Å². The number of carbonyl (C=O) groups excluding carboxylic acids is 3. The minimum absolute atomic E-state index is 0.124. The SMILES string of the molecule is CC(=O)Nc1ccc(N2C(=O)C(=O)/C(=C(\O)c3ccc(F)cc3)C2c2cccnc2)cc1. The molecule has 1 fully saturated rings. The van der Waals surface area contributed by atoms with E-state index in [-0.39, 0.29) is 17.0 Å². The summed E-state index contributed by atoms with van der Waals surface area (Å²) in [6.07, 6.45) is 3.06. The molecule has 1 atom stereocenters. The Bertz CT molecular complexity index is 1220. The quantitative estimate of drug-likeness (QED) is 0.372. The predicted octanol–water partition coefficient (Wildman–Crippen LogP) is 3.81. The van der Waals surface area contributed by atoms with Gasteiger partial charge < -0.3 is 10.4 Å². The fourth-order valence-electron chi connectivity index (χ4n) is 3.62. The third-order valence-corrected chi connectivity index (χ3v) is 5.03. The summed E-state index contributed by atoms with van der Waals surface area (Å²) in [6, 6.07) is 13.8. The molecular formula is C24H18FN3O4. The fraction of sp³-hybridized carbons (Fsp3) is 0.0833. The van der Waals surface area contributed by atoms with Crippen molar-refractivity contribution in [2.45, 2.75) is 13.0 Å². The van der Waals surface area contributed by atoms with Gasteiger partial charge in [-0.3, -0.25) is 24.3 Å². The van der Waals surface area contributed by atoms with Crippen molar-refractivity contribution < 1.29 is 23.9 Å². The largest absolute Gasteiger partial charge is 0.507 e. The van der Waals surface area contributed by atoms with Gasteiger partial charge in [-0.05, 0) is 60.2 Å². The number of anilines is 2. The molecule has 3 aromatic rings. The van der Waals surface area contributed by atoms with Gasteiger partial charge in [0.1, 0.15) is 11.6 Å². The minimum atomic E-state index is -0.944. The van der Waals surface area contributed by atoms with E-state index in [0.29, 0.717) is 16.9 Å². The van der Waals surface area contributed by atoms with Crippen molar-refractivity contribution in [1.82, 2.24) is 4.98 Å². The fourth-order valence-corrected chi connectivity index (χ4v) is 3.62. The van der Waals surface area contributed by atoms with E-state index in [0.717, 1.165) is 12.1 Å². The van der Waals surface area contributed by atoms with E-state index < -0.39 is 29.3 Å². The molecule has 2 heterocycles. The molecule has 0 spiro atoms. The van der Waals surface area contributed by atoms with E-state index >= 15 is 0 Å². The summed E-state index contributed by atoms with van der Waals surface area (Å²) < 4.78 is 13.3. The number of rotatable bonds is 4. The van der Waals surface area contributed by atoms with Crippen LogP contribution >= 0.6 is 0 Å². The van der Waals surface area contributed by atoms with Crippen LogP contribution in [0, 0.1) is 5.82 Å². The second-order valence-electron chi connectivity index (χ2n) is 7.19. The molecule has 4 rings (SSSR count). The summed E-state index contributed by atoms with van der Waals surface area (Å²) in [4.78, 5) is 42.7. The van der Waals surface area contributed by atoms with E-state index in [2.05, 4.69) is 10.3 Å². The first kappa shape index (κ1) is 20.9. The van der Waals surface area contributed by atoms with Crippen LogP contribution in [-0.2, 0) is 14.4 Å². The molecule has 0 bridgehead atoms. The van der Waals surface area contributed by atoms with E-state index in [1.54, 1.807) is 42.6 Å². The van der Waals surface area contributed by atoms with Crippen LogP contribution in [0.3, 0.4) is 0 Å². The number of nitrogens with one attached hydrogen (secondary N) is 1. The number of aliphatic hydroxyl groups is 1. The Hall–Kier alpha value is -4.33. The number of halogens is 1. The average molecular weight is 431 g/mol. The van der Waals surface area contributed by atoms with Crippen molar-refractivity contribution in [2.75, 3.05) is 10.2 Å². The molecule has 0 radical (unpaired) electrons. The smallest absolute Gasteiger partial charge is 0.300 e. The van der Waals surface area contributed by atoms with Crippen LogP contribution < -0.4 is 10.2 Å². The average Bonchev–Trinajstić information content (AvgIpc) is 3.05. The number of hydrogen-bond donors (Lipinski definition) is 2. The first-order valence-corrected chi connectivity index (χ1v) is 9.71. The topological polar surface area (TPSA) is 99.6 Å². The molecule has 2 amide bonds. The van der Waals surface area contributed by atoms with E-state index in [1.807, 2.05) is 0 Å². The molecule has 0 aliphatic carbocycles. The second-order valence-corrected chi connectivity index (χ2v) is 7.19. The van der Waals surface area contributed by atoms with Gasteiger partial charge in [0.05, 0.1) is 11.6 Å². The third kappa shape index (κ3) is 3.85. The molecular weight excluding hydrogens is 413 g/mol. The summed E-state index contributed by atoms with van der Waals surface area (Å²) in [5.74, 6) is -2.84. The maximum atomic E-state index is 13.3.